The summed E-state index contributed by atoms with van der Waals surface area (Å²) < 4.78 is 0. The van der Waals surface area contributed by atoms with Crippen molar-refractivity contribution in [2.24, 2.45) is 0 Å². The fourth-order valence-corrected chi connectivity index (χ4v) is 0.723. The van der Waals surface area contributed by atoms with Crippen molar-refractivity contribution in [1.29, 1.82) is 0 Å². The third-order valence-corrected chi connectivity index (χ3v) is 1.18. The summed E-state index contributed by atoms with van der Waals surface area (Å²) in [5.74, 6) is -0.00347. The van der Waals surface area contributed by atoms with E-state index < -0.39 is 0 Å². The van der Waals surface area contributed by atoms with Crippen molar-refractivity contribution in [3.63, 3.8) is 0 Å². The Bertz CT molecular complexity index is 133. The van der Waals surface area contributed by atoms with E-state index in [1.807, 2.05) is 0 Å². The molecule has 0 aliphatic carbocycles. The average molecular weight is 127 g/mol. The second kappa shape index (κ2) is 2.64. The zero-order valence-corrected chi connectivity index (χ0v) is 5.17. The first-order valence-electron chi connectivity index (χ1n) is 2.92. The molecule has 1 saturated heterocycles. The Labute approximate surface area is 53.9 Å². The molecule has 0 radical (unpaired) electrons. The third kappa shape index (κ3) is 1.29. The van der Waals surface area contributed by atoms with E-state index in [2.05, 4.69) is 6.58 Å². The van der Waals surface area contributed by atoms with E-state index in [-0.39, 0.29) is 5.91 Å². The van der Waals surface area contributed by atoms with Gasteiger partial charge in [0.05, 0.1) is 6.61 Å². The number of amides is 1. The topological polar surface area (TPSA) is 29.5 Å². The lowest BCUT2D eigenvalue weighted by molar-refractivity contribution is -0.180. The number of hydrogen-bond acceptors (Lipinski definition) is 2. The first kappa shape index (κ1) is 6.29. The molecule has 0 aromatic heterocycles. The normalized spacial score (nSPS) is 20.0. The van der Waals surface area contributed by atoms with E-state index >= 15 is 0 Å². The Balaban J connectivity index is 2.48. The maximum atomic E-state index is 10.8. The predicted octanol–water partition coefficient (Wildman–Crippen LogP) is 0.684. The van der Waals surface area contributed by atoms with Crippen LogP contribution in [0, 0.1) is 0 Å². The van der Waals surface area contributed by atoms with Gasteiger partial charge in [0, 0.05) is 12.6 Å². The van der Waals surface area contributed by atoms with Crippen LogP contribution in [0.25, 0.3) is 0 Å². The lowest BCUT2D eigenvalue weighted by Gasteiger charge is -2.21. The summed E-state index contributed by atoms with van der Waals surface area (Å²) in [4.78, 5) is 15.7. The monoisotopic (exact) mass is 127 g/mol. The van der Waals surface area contributed by atoms with Gasteiger partial charge in [-0.3, -0.25) is 9.63 Å². The van der Waals surface area contributed by atoms with Gasteiger partial charge in [-0.25, -0.2) is 0 Å². The molecule has 0 spiro atoms. The molecule has 0 unspecified atom stereocenters. The molecule has 1 fully saturated rings. The minimum absolute atomic E-state index is 0.00347. The third-order valence-electron chi connectivity index (χ3n) is 1.18. The zero-order chi connectivity index (χ0) is 6.69. The molecular weight excluding hydrogens is 118 g/mol. The highest BCUT2D eigenvalue weighted by Gasteiger charge is 2.15. The number of carbonyl (C=O) groups excluding carboxylic acids is 1. The SMILES string of the molecule is C=CN1OCCCC1=O. The van der Waals surface area contributed by atoms with Crippen LogP contribution in [0.15, 0.2) is 12.8 Å². The molecule has 1 aliphatic heterocycles. The smallest absolute Gasteiger partial charge is 0.250 e. The van der Waals surface area contributed by atoms with E-state index in [1.165, 1.54) is 11.3 Å². The van der Waals surface area contributed by atoms with Gasteiger partial charge >= 0.3 is 0 Å². The van der Waals surface area contributed by atoms with Gasteiger partial charge in [0.15, 0.2) is 0 Å². The molecule has 3 nitrogen and oxygen atoms in total. The molecule has 3 heteroatoms. The molecule has 1 amide bonds. The van der Waals surface area contributed by atoms with Crippen LogP contribution in [0.5, 0.6) is 0 Å². The molecule has 50 valence electrons. The Hall–Kier alpha value is -0.830. The molecule has 0 atom stereocenters. The Morgan fingerprint density at radius 3 is 3.00 bits per heavy atom. The van der Waals surface area contributed by atoms with Crippen molar-refractivity contribution in [1.82, 2.24) is 5.06 Å². The first-order valence-corrected chi connectivity index (χ1v) is 2.92. The van der Waals surface area contributed by atoms with E-state index in [1.54, 1.807) is 0 Å². The fourth-order valence-electron chi connectivity index (χ4n) is 0.723. The van der Waals surface area contributed by atoms with Gasteiger partial charge in [-0.05, 0) is 6.42 Å². The average Bonchev–Trinajstić information content (AvgIpc) is 1.89. The minimum Gasteiger partial charge on any atom is -0.272 e. The van der Waals surface area contributed by atoms with Crippen LogP contribution < -0.4 is 0 Å². The first-order chi connectivity index (χ1) is 4.34. The number of hydrogen-bond donors (Lipinski definition) is 0. The summed E-state index contributed by atoms with van der Waals surface area (Å²) >= 11 is 0. The van der Waals surface area contributed by atoms with Gasteiger partial charge < -0.3 is 0 Å². The highest BCUT2D eigenvalue weighted by Crippen LogP contribution is 2.06. The van der Waals surface area contributed by atoms with Crippen molar-refractivity contribution in [2.45, 2.75) is 12.8 Å². The molecule has 0 aromatic rings. The van der Waals surface area contributed by atoms with E-state index in [0.717, 1.165) is 6.42 Å². The number of hydroxylamine groups is 2. The van der Waals surface area contributed by atoms with E-state index in [0.29, 0.717) is 13.0 Å². The van der Waals surface area contributed by atoms with Crippen LogP contribution >= 0.6 is 0 Å². The summed E-state index contributed by atoms with van der Waals surface area (Å²) in [5.41, 5.74) is 0. The second-order valence-corrected chi connectivity index (χ2v) is 1.84. The summed E-state index contributed by atoms with van der Waals surface area (Å²) in [6.45, 7) is 4.04. The summed E-state index contributed by atoms with van der Waals surface area (Å²) in [5, 5.41) is 1.18. The van der Waals surface area contributed by atoms with E-state index in [9.17, 15) is 4.79 Å². The zero-order valence-electron chi connectivity index (χ0n) is 5.17. The molecule has 9 heavy (non-hydrogen) atoms. The van der Waals surface area contributed by atoms with Crippen molar-refractivity contribution in [3.05, 3.63) is 12.8 Å². The Morgan fingerprint density at radius 2 is 2.56 bits per heavy atom. The van der Waals surface area contributed by atoms with Crippen LogP contribution in [0.2, 0.25) is 0 Å². The Kier molecular flexibility index (Phi) is 1.85. The van der Waals surface area contributed by atoms with Gasteiger partial charge in [-0.2, -0.15) is 5.06 Å². The van der Waals surface area contributed by atoms with Crippen LogP contribution in [0.4, 0.5) is 0 Å². The number of carbonyl (C=O) groups is 1. The van der Waals surface area contributed by atoms with Gasteiger partial charge in [0.2, 0.25) is 5.91 Å². The lowest BCUT2D eigenvalue weighted by atomic mass is 10.3. The molecule has 0 aromatic carbocycles. The largest absolute Gasteiger partial charge is 0.272 e. The molecule has 0 bridgehead atoms. The van der Waals surface area contributed by atoms with Crippen molar-refractivity contribution >= 4 is 5.91 Å². The van der Waals surface area contributed by atoms with Crippen LogP contribution in [-0.4, -0.2) is 17.6 Å². The summed E-state index contributed by atoms with van der Waals surface area (Å²) in [6.07, 6.45) is 2.79. The van der Waals surface area contributed by atoms with Crippen LogP contribution in [0.1, 0.15) is 12.8 Å². The molecular formula is C6H9NO2. The molecule has 1 heterocycles. The van der Waals surface area contributed by atoms with Gasteiger partial charge in [-0.15, -0.1) is 0 Å². The fraction of sp³-hybridized carbons (Fsp3) is 0.500. The number of rotatable bonds is 1. The molecule has 1 rings (SSSR count). The highest BCUT2D eigenvalue weighted by atomic mass is 16.7. The van der Waals surface area contributed by atoms with Crippen LogP contribution in [0.3, 0.4) is 0 Å². The van der Waals surface area contributed by atoms with E-state index in [4.69, 9.17) is 4.84 Å². The summed E-state index contributed by atoms with van der Waals surface area (Å²) in [7, 11) is 0. The van der Waals surface area contributed by atoms with Gasteiger partial charge in [0.1, 0.15) is 0 Å². The second-order valence-electron chi connectivity index (χ2n) is 1.84. The molecule has 0 N–H and O–H groups in total. The van der Waals surface area contributed by atoms with Crippen LogP contribution in [-0.2, 0) is 9.63 Å². The maximum absolute atomic E-state index is 10.8. The lowest BCUT2D eigenvalue weighted by Crippen LogP contribution is -2.30. The summed E-state index contributed by atoms with van der Waals surface area (Å²) in [6, 6.07) is 0. The highest BCUT2D eigenvalue weighted by molar-refractivity contribution is 5.76. The van der Waals surface area contributed by atoms with Gasteiger partial charge in [-0.1, -0.05) is 6.58 Å². The quantitative estimate of drug-likeness (QED) is 0.518. The minimum atomic E-state index is -0.00347. The molecule has 1 aliphatic rings. The molecule has 0 saturated carbocycles. The predicted molar refractivity (Wildman–Crippen MR) is 32.2 cm³/mol. The maximum Gasteiger partial charge on any atom is 0.250 e. The van der Waals surface area contributed by atoms with Crippen molar-refractivity contribution in [2.75, 3.05) is 6.61 Å². The standard InChI is InChI=1S/C6H9NO2/c1-2-7-6(8)4-3-5-9-7/h2H,1,3-5H2. The van der Waals surface area contributed by atoms with Crippen molar-refractivity contribution in [3.8, 4) is 0 Å². The number of nitrogens with zero attached hydrogens (tertiary/aromatic N) is 1. The van der Waals surface area contributed by atoms with Crippen molar-refractivity contribution < 1.29 is 9.63 Å². The Morgan fingerprint density at radius 1 is 1.78 bits per heavy atom. The van der Waals surface area contributed by atoms with Gasteiger partial charge in [0.25, 0.3) is 0 Å².